The van der Waals surface area contributed by atoms with E-state index in [2.05, 4.69) is 24.0 Å². The average Bonchev–Trinajstić information content (AvgIpc) is 3.19. The summed E-state index contributed by atoms with van der Waals surface area (Å²) in [7, 11) is 0. The van der Waals surface area contributed by atoms with Crippen molar-refractivity contribution in [3.05, 3.63) is 89.5 Å². The molecule has 174 valence electrons. The van der Waals surface area contributed by atoms with Crippen molar-refractivity contribution < 1.29 is 14.3 Å². The number of ether oxygens (including phenoxy) is 2. The maximum atomic E-state index is 13.6. The Balaban J connectivity index is 1.67. The van der Waals surface area contributed by atoms with Crippen LogP contribution in [0.15, 0.2) is 77.9 Å². The van der Waals surface area contributed by atoms with Gasteiger partial charge in [0.15, 0.2) is 23.0 Å². The number of carbonyl (C=O) groups is 1. The predicted octanol–water partition coefficient (Wildman–Crippen LogP) is 5.23. The largest absolute Gasteiger partial charge is 0.490 e. The zero-order valence-corrected chi connectivity index (χ0v) is 19.8. The molecule has 0 saturated heterocycles. The van der Waals surface area contributed by atoms with Crippen LogP contribution in [0.3, 0.4) is 0 Å². The van der Waals surface area contributed by atoms with Gasteiger partial charge in [0.25, 0.3) is 0 Å². The van der Waals surface area contributed by atoms with Crippen LogP contribution < -0.4 is 14.5 Å². The van der Waals surface area contributed by atoms with Gasteiger partial charge in [0, 0.05) is 17.7 Å². The van der Waals surface area contributed by atoms with Gasteiger partial charge < -0.3 is 14.4 Å². The Hall–Kier alpha value is -3.80. The van der Waals surface area contributed by atoms with Crippen LogP contribution in [0.4, 0.5) is 5.69 Å². The Morgan fingerprint density at radius 1 is 0.941 bits per heavy atom. The quantitative estimate of drug-likeness (QED) is 0.457. The molecule has 6 heteroatoms. The van der Waals surface area contributed by atoms with Gasteiger partial charge in [-0.05, 0) is 57.0 Å². The van der Waals surface area contributed by atoms with Crippen molar-refractivity contribution >= 4 is 17.3 Å². The highest BCUT2D eigenvalue weighted by Gasteiger charge is 2.52. The lowest BCUT2D eigenvalue weighted by Crippen LogP contribution is -2.55. The van der Waals surface area contributed by atoms with Gasteiger partial charge in [0.1, 0.15) is 0 Å². The number of amidine groups is 1. The van der Waals surface area contributed by atoms with E-state index < -0.39 is 5.66 Å². The van der Waals surface area contributed by atoms with Gasteiger partial charge in [-0.1, -0.05) is 48.5 Å². The minimum absolute atomic E-state index is 0.0790. The van der Waals surface area contributed by atoms with Crippen molar-refractivity contribution in [3.63, 3.8) is 0 Å². The number of benzene rings is 3. The first-order valence-electron chi connectivity index (χ1n) is 11.8. The average molecular weight is 456 g/mol. The molecule has 0 amide bonds. The minimum atomic E-state index is -0.689. The second-order valence-corrected chi connectivity index (χ2v) is 8.51. The molecule has 0 bridgehead atoms. The Morgan fingerprint density at radius 2 is 1.56 bits per heavy atom. The first kappa shape index (κ1) is 22.0. The van der Waals surface area contributed by atoms with E-state index in [1.165, 1.54) is 5.56 Å². The molecule has 0 saturated carbocycles. The Bertz CT molecular complexity index is 1230. The van der Waals surface area contributed by atoms with Crippen LogP contribution in [0.1, 0.15) is 42.3 Å². The summed E-state index contributed by atoms with van der Waals surface area (Å²) in [6.45, 7) is 7.84. The second kappa shape index (κ2) is 8.86. The van der Waals surface area contributed by atoms with Crippen molar-refractivity contribution in [1.82, 2.24) is 4.90 Å². The van der Waals surface area contributed by atoms with E-state index in [0.717, 1.165) is 23.4 Å². The molecule has 0 fully saturated rings. The van der Waals surface area contributed by atoms with Gasteiger partial charge in [-0.15, -0.1) is 5.10 Å². The summed E-state index contributed by atoms with van der Waals surface area (Å²) < 4.78 is 11.9. The van der Waals surface area contributed by atoms with Crippen LogP contribution in [-0.2, 0) is 12.1 Å². The van der Waals surface area contributed by atoms with Crippen LogP contribution >= 0.6 is 0 Å². The van der Waals surface area contributed by atoms with Gasteiger partial charge in [0.05, 0.1) is 18.9 Å². The van der Waals surface area contributed by atoms with Crippen molar-refractivity contribution in [2.75, 3.05) is 24.8 Å². The number of hydrogen-bond acceptors (Lipinski definition) is 6. The Labute approximate surface area is 200 Å². The third kappa shape index (κ3) is 3.50. The fourth-order valence-corrected chi connectivity index (χ4v) is 4.93. The van der Waals surface area contributed by atoms with E-state index in [0.29, 0.717) is 36.9 Å². The van der Waals surface area contributed by atoms with Gasteiger partial charge in [-0.25, -0.2) is 5.01 Å². The van der Waals surface area contributed by atoms with Gasteiger partial charge in [-0.2, -0.15) is 0 Å². The predicted molar refractivity (Wildman–Crippen MR) is 134 cm³/mol. The molecule has 2 aliphatic rings. The lowest BCUT2D eigenvalue weighted by molar-refractivity contribution is 0.103. The topological polar surface area (TPSA) is 54.4 Å². The van der Waals surface area contributed by atoms with E-state index in [4.69, 9.17) is 14.6 Å². The number of hydrogen-bond donors (Lipinski definition) is 0. The van der Waals surface area contributed by atoms with Crippen LogP contribution in [0.5, 0.6) is 11.5 Å². The van der Waals surface area contributed by atoms with Crippen molar-refractivity contribution in [2.45, 2.75) is 32.9 Å². The molecule has 6 nitrogen and oxygen atoms in total. The summed E-state index contributed by atoms with van der Waals surface area (Å²) in [5.41, 5.74) is 3.10. The van der Waals surface area contributed by atoms with Crippen LogP contribution in [0.25, 0.3) is 0 Å². The number of ketones is 1. The number of hydrazone groups is 1. The number of para-hydroxylation sites is 1. The van der Waals surface area contributed by atoms with Crippen LogP contribution in [-0.4, -0.2) is 36.3 Å². The monoisotopic (exact) mass is 455 g/mol. The molecule has 0 N–H and O–H groups in total. The Morgan fingerprint density at radius 3 is 2.21 bits per heavy atom. The zero-order chi connectivity index (χ0) is 23.7. The lowest BCUT2D eigenvalue weighted by atomic mass is 9.86. The maximum Gasteiger partial charge on any atom is 0.229 e. The van der Waals surface area contributed by atoms with Gasteiger partial charge >= 0.3 is 0 Å². The molecule has 34 heavy (non-hydrogen) atoms. The van der Waals surface area contributed by atoms with Gasteiger partial charge in [0.2, 0.25) is 5.78 Å². The third-order valence-corrected chi connectivity index (χ3v) is 6.51. The summed E-state index contributed by atoms with van der Waals surface area (Å²) >= 11 is 0. The first-order chi connectivity index (χ1) is 16.6. The molecule has 1 unspecified atom stereocenters. The normalized spacial score (nSPS) is 18.7. The maximum absolute atomic E-state index is 13.6. The van der Waals surface area contributed by atoms with Gasteiger partial charge in [-0.3, -0.25) is 4.79 Å². The smallest absolute Gasteiger partial charge is 0.229 e. The minimum Gasteiger partial charge on any atom is -0.490 e. The standard InChI is InChI=1S/C28H29N3O3/c1-4-33-24-18-21-16-17-30-27(26(32)20-12-8-6-9-13-20)29-31(22-14-10-7-11-15-22)28(30,3)23(21)19-25(24)34-5-2/h6-15,18-19H,4-5,16-17H2,1-3H3. The molecule has 0 radical (unpaired) electrons. The third-order valence-electron chi connectivity index (χ3n) is 6.51. The number of rotatable bonds is 7. The summed E-state index contributed by atoms with van der Waals surface area (Å²) in [4.78, 5) is 15.7. The van der Waals surface area contributed by atoms with E-state index in [-0.39, 0.29) is 5.78 Å². The summed E-state index contributed by atoms with van der Waals surface area (Å²) in [6.07, 6.45) is 0.779. The molecular formula is C28H29N3O3. The Kier molecular flexibility index (Phi) is 5.74. The SMILES string of the molecule is CCOc1cc2c(cc1OCC)C1(C)N(CC2)C(C(=O)c2ccccc2)=NN1c1ccccc1. The molecule has 3 aromatic carbocycles. The first-order valence-corrected chi connectivity index (χ1v) is 11.8. The highest BCUT2D eigenvalue weighted by Crippen LogP contribution is 2.48. The van der Waals surface area contributed by atoms with Crippen molar-refractivity contribution in [1.29, 1.82) is 0 Å². The summed E-state index contributed by atoms with van der Waals surface area (Å²) in [5.74, 6) is 1.84. The molecule has 2 heterocycles. The molecule has 5 rings (SSSR count). The molecular weight excluding hydrogens is 426 g/mol. The summed E-state index contributed by atoms with van der Waals surface area (Å²) in [5, 5.41) is 6.91. The fourth-order valence-electron chi connectivity index (χ4n) is 4.93. The molecule has 3 aromatic rings. The number of carbonyl (C=O) groups excluding carboxylic acids is 1. The van der Waals surface area contributed by atoms with E-state index in [9.17, 15) is 4.79 Å². The number of anilines is 1. The number of nitrogens with zero attached hydrogens (tertiary/aromatic N) is 3. The lowest BCUT2D eigenvalue weighted by Gasteiger charge is -2.46. The number of fused-ring (bicyclic) bond motifs is 3. The van der Waals surface area contributed by atoms with E-state index >= 15 is 0 Å². The van der Waals surface area contributed by atoms with Crippen LogP contribution in [0.2, 0.25) is 0 Å². The van der Waals surface area contributed by atoms with Crippen LogP contribution in [0, 0.1) is 0 Å². The summed E-state index contributed by atoms with van der Waals surface area (Å²) in [6, 6.07) is 23.5. The highest BCUT2D eigenvalue weighted by molar-refractivity contribution is 6.45. The second-order valence-electron chi connectivity index (χ2n) is 8.51. The van der Waals surface area contributed by atoms with E-state index in [1.54, 1.807) is 0 Å². The molecule has 1 atom stereocenters. The molecule has 2 aliphatic heterocycles. The zero-order valence-electron chi connectivity index (χ0n) is 19.8. The van der Waals surface area contributed by atoms with Crippen molar-refractivity contribution in [3.8, 4) is 11.5 Å². The molecule has 0 spiro atoms. The van der Waals surface area contributed by atoms with E-state index in [1.807, 2.05) is 79.5 Å². The molecule has 0 aliphatic carbocycles. The fraction of sp³-hybridized carbons (Fsp3) is 0.286. The molecule has 0 aromatic heterocycles. The highest BCUT2D eigenvalue weighted by atomic mass is 16.5. The number of Topliss-reactive ketones (excluding diaryl/α,β-unsaturated/α-hetero) is 1. The van der Waals surface area contributed by atoms with Crippen molar-refractivity contribution in [2.24, 2.45) is 5.10 Å².